The second-order valence-electron chi connectivity index (χ2n) is 6.79. The van der Waals surface area contributed by atoms with E-state index in [-0.39, 0.29) is 0 Å². The molecule has 1 saturated heterocycles. The van der Waals surface area contributed by atoms with Gasteiger partial charge in [-0.2, -0.15) is 20.2 Å². The number of rotatable bonds is 4. The third-order valence-corrected chi connectivity index (χ3v) is 4.98. The Bertz CT molecular complexity index is 824. The first-order valence-electron chi connectivity index (χ1n) is 8.63. The second-order valence-corrected chi connectivity index (χ2v) is 6.79. The summed E-state index contributed by atoms with van der Waals surface area (Å²) in [6.07, 6.45) is 3.30. The third-order valence-electron chi connectivity index (χ3n) is 4.98. The summed E-state index contributed by atoms with van der Waals surface area (Å²) in [5.74, 6) is 2.29. The number of nitrogens with zero attached hydrogens (tertiary/aromatic N) is 6. The fraction of sp³-hybridized carbons (Fsp3) is 0.444. The lowest BCUT2D eigenvalue weighted by molar-refractivity contribution is 0.691. The highest BCUT2D eigenvalue weighted by Gasteiger charge is 2.31. The normalized spacial score (nSPS) is 19.7. The molecule has 2 aromatic rings. The van der Waals surface area contributed by atoms with Crippen LogP contribution in [0.3, 0.4) is 0 Å². The monoisotopic (exact) mass is 335 g/mol. The summed E-state index contributed by atoms with van der Waals surface area (Å²) in [6.45, 7) is 1.72. The molecular weight excluding hydrogens is 314 g/mol. The van der Waals surface area contributed by atoms with Crippen LogP contribution in [0.15, 0.2) is 24.3 Å². The Morgan fingerprint density at radius 2 is 2.08 bits per heavy atom. The molecule has 1 aliphatic carbocycles. The fourth-order valence-electron chi connectivity index (χ4n) is 3.31. The molecule has 0 radical (unpaired) electrons. The van der Waals surface area contributed by atoms with Crippen LogP contribution >= 0.6 is 0 Å². The Labute approximate surface area is 147 Å². The number of hydrogen-bond acceptors (Lipinski definition) is 7. The van der Waals surface area contributed by atoms with Gasteiger partial charge in [0.15, 0.2) is 0 Å². The number of likely N-dealkylation sites (N-methyl/N-ethyl adjacent to an activating group) is 1. The third kappa shape index (κ3) is 3.20. The van der Waals surface area contributed by atoms with Gasteiger partial charge in [0.2, 0.25) is 11.9 Å². The maximum absolute atomic E-state index is 9.09. The second kappa shape index (κ2) is 6.20. The molecule has 2 fully saturated rings. The SMILES string of the molecule is CN(c1cccc(C#N)c1)C1CCN(c2nc(N)nc(C3CC3)n2)C1. The first-order chi connectivity index (χ1) is 12.1. The van der Waals surface area contributed by atoms with Crippen molar-refractivity contribution >= 4 is 17.6 Å². The lowest BCUT2D eigenvalue weighted by Crippen LogP contribution is -2.35. The Morgan fingerprint density at radius 3 is 2.84 bits per heavy atom. The molecule has 7 heteroatoms. The van der Waals surface area contributed by atoms with Crippen LogP contribution in [0, 0.1) is 11.3 Å². The van der Waals surface area contributed by atoms with E-state index >= 15 is 0 Å². The van der Waals surface area contributed by atoms with Crippen LogP contribution in [0.5, 0.6) is 0 Å². The van der Waals surface area contributed by atoms with E-state index in [0.29, 0.717) is 29.4 Å². The van der Waals surface area contributed by atoms with Crippen molar-refractivity contribution in [2.75, 3.05) is 35.7 Å². The van der Waals surface area contributed by atoms with Gasteiger partial charge in [0.1, 0.15) is 5.82 Å². The molecule has 1 aromatic carbocycles. The first-order valence-corrected chi connectivity index (χ1v) is 8.63. The molecule has 0 amide bonds. The molecule has 4 rings (SSSR count). The molecule has 1 saturated carbocycles. The van der Waals surface area contributed by atoms with Gasteiger partial charge in [-0.25, -0.2) is 0 Å². The van der Waals surface area contributed by atoms with Crippen molar-refractivity contribution < 1.29 is 0 Å². The van der Waals surface area contributed by atoms with E-state index in [9.17, 15) is 0 Å². The number of anilines is 3. The van der Waals surface area contributed by atoms with E-state index < -0.39 is 0 Å². The quantitative estimate of drug-likeness (QED) is 0.912. The lowest BCUT2D eigenvalue weighted by atomic mass is 10.1. The van der Waals surface area contributed by atoms with E-state index in [4.69, 9.17) is 11.0 Å². The molecule has 2 aliphatic rings. The van der Waals surface area contributed by atoms with E-state index in [0.717, 1.165) is 43.9 Å². The first kappa shape index (κ1) is 15.6. The van der Waals surface area contributed by atoms with Gasteiger partial charge < -0.3 is 15.5 Å². The zero-order valence-corrected chi connectivity index (χ0v) is 14.3. The predicted octanol–water partition coefficient (Wildman–Crippen LogP) is 1.92. The summed E-state index contributed by atoms with van der Waals surface area (Å²) < 4.78 is 0. The minimum Gasteiger partial charge on any atom is -0.370 e. The van der Waals surface area contributed by atoms with E-state index in [1.54, 1.807) is 0 Å². The maximum Gasteiger partial charge on any atom is 0.230 e. The Balaban J connectivity index is 1.50. The highest BCUT2D eigenvalue weighted by Crippen LogP contribution is 2.38. The van der Waals surface area contributed by atoms with Gasteiger partial charge in [-0.1, -0.05) is 6.07 Å². The van der Waals surface area contributed by atoms with Crippen molar-refractivity contribution in [1.82, 2.24) is 15.0 Å². The summed E-state index contributed by atoms with van der Waals surface area (Å²) in [4.78, 5) is 17.7. The summed E-state index contributed by atoms with van der Waals surface area (Å²) in [7, 11) is 2.07. The number of benzene rings is 1. The minimum absolute atomic E-state index is 0.311. The van der Waals surface area contributed by atoms with Crippen LogP contribution in [0.2, 0.25) is 0 Å². The molecule has 1 atom stereocenters. The van der Waals surface area contributed by atoms with E-state index in [1.807, 2.05) is 24.3 Å². The van der Waals surface area contributed by atoms with Crippen molar-refractivity contribution in [1.29, 1.82) is 5.26 Å². The molecule has 0 bridgehead atoms. The average Bonchev–Trinajstić information content (AvgIpc) is 3.37. The molecule has 1 unspecified atom stereocenters. The Kier molecular flexibility index (Phi) is 3.88. The van der Waals surface area contributed by atoms with Gasteiger partial charge in [-0.05, 0) is 37.5 Å². The molecular formula is C18H21N7. The van der Waals surface area contributed by atoms with Gasteiger partial charge in [-0.15, -0.1) is 0 Å². The number of nitrogen functional groups attached to an aromatic ring is 1. The van der Waals surface area contributed by atoms with Crippen LogP contribution in [0.25, 0.3) is 0 Å². The number of aromatic nitrogens is 3. The van der Waals surface area contributed by atoms with Crippen LogP contribution in [-0.2, 0) is 0 Å². The molecule has 1 aromatic heterocycles. The molecule has 0 spiro atoms. The van der Waals surface area contributed by atoms with Crippen LogP contribution in [0.4, 0.5) is 17.6 Å². The molecule has 2 heterocycles. The van der Waals surface area contributed by atoms with Crippen molar-refractivity contribution in [3.05, 3.63) is 35.7 Å². The zero-order chi connectivity index (χ0) is 17.4. The summed E-state index contributed by atoms with van der Waals surface area (Å²) in [5.41, 5.74) is 7.61. The van der Waals surface area contributed by atoms with Gasteiger partial charge in [0.05, 0.1) is 11.6 Å². The molecule has 25 heavy (non-hydrogen) atoms. The largest absolute Gasteiger partial charge is 0.370 e. The van der Waals surface area contributed by atoms with Crippen LogP contribution < -0.4 is 15.5 Å². The van der Waals surface area contributed by atoms with Crippen molar-refractivity contribution in [3.8, 4) is 6.07 Å². The van der Waals surface area contributed by atoms with E-state index in [2.05, 4.69) is 37.9 Å². The van der Waals surface area contributed by atoms with Crippen LogP contribution in [-0.4, -0.2) is 41.1 Å². The van der Waals surface area contributed by atoms with Crippen molar-refractivity contribution in [2.24, 2.45) is 0 Å². The van der Waals surface area contributed by atoms with Crippen LogP contribution in [0.1, 0.15) is 36.6 Å². The Hall–Kier alpha value is -2.88. The van der Waals surface area contributed by atoms with Crippen molar-refractivity contribution in [2.45, 2.75) is 31.2 Å². The highest BCUT2D eigenvalue weighted by molar-refractivity contribution is 5.52. The average molecular weight is 335 g/mol. The minimum atomic E-state index is 0.311. The predicted molar refractivity (Wildman–Crippen MR) is 96.4 cm³/mol. The van der Waals surface area contributed by atoms with Gasteiger partial charge >= 0.3 is 0 Å². The number of nitriles is 1. The van der Waals surface area contributed by atoms with E-state index in [1.165, 1.54) is 0 Å². The molecule has 7 nitrogen and oxygen atoms in total. The zero-order valence-electron chi connectivity index (χ0n) is 14.3. The highest BCUT2D eigenvalue weighted by atomic mass is 15.3. The molecule has 128 valence electrons. The lowest BCUT2D eigenvalue weighted by Gasteiger charge is -2.27. The summed E-state index contributed by atoms with van der Waals surface area (Å²) in [5, 5.41) is 9.09. The topological polar surface area (TPSA) is 95.0 Å². The summed E-state index contributed by atoms with van der Waals surface area (Å²) in [6, 6.07) is 10.3. The number of nitrogens with two attached hydrogens (primary N) is 1. The molecule has 2 N–H and O–H groups in total. The molecule has 1 aliphatic heterocycles. The maximum atomic E-state index is 9.09. The smallest absolute Gasteiger partial charge is 0.230 e. The summed E-state index contributed by atoms with van der Waals surface area (Å²) >= 11 is 0. The fourth-order valence-corrected chi connectivity index (χ4v) is 3.31. The van der Waals surface area contributed by atoms with Gasteiger partial charge in [-0.3, -0.25) is 0 Å². The van der Waals surface area contributed by atoms with Gasteiger partial charge in [0.25, 0.3) is 0 Å². The Morgan fingerprint density at radius 1 is 1.24 bits per heavy atom. The van der Waals surface area contributed by atoms with Crippen molar-refractivity contribution in [3.63, 3.8) is 0 Å². The van der Waals surface area contributed by atoms with Gasteiger partial charge in [0, 0.05) is 37.8 Å². The standard InChI is InChI=1S/C18H21N7/c1-24(14-4-2-3-12(9-14)10-19)15-7-8-25(11-15)18-22-16(13-5-6-13)21-17(20)23-18/h2-4,9,13,15H,5-8,11H2,1H3,(H2,20,21,22,23). The number of hydrogen-bond donors (Lipinski definition) is 1.